The summed E-state index contributed by atoms with van der Waals surface area (Å²) in [4.78, 5) is 206. The van der Waals surface area contributed by atoms with Crippen molar-refractivity contribution >= 4 is 99.6 Å². The predicted octanol–water partition coefficient (Wildman–Crippen LogP) is -2.46. The molecule has 542 valence electrons. The van der Waals surface area contributed by atoms with Gasteiger partial charge in [-0.05, 0) is 80.7 Å². The van der Waals surface area contributed by atoms with E-state index in [1.807, 2.05) is 13.8 Å². The van der Waals surface area contributed by atoms with Gasteiger partial charge in [-0.3, -0.25) is 72.1 Å². The molecule has 1 aromatic carbocycles. The first-order valence-corrected chi connectivity index (χ1v) is 34.0. The summed E-state index contributed by atoms with van der Waals surface area (Å²) in [6.07, 6.45) is -0.714. The second kappa shape index (κ2) is 40.6. The number of thioether (sulfide) groups is 1. The fraction of sp³-hybridized carbons (Fsp3) is 0.625. The van der Waals surface area contributed by atoms with Crippen molar-refractivity contribution in [3.8, 4) is 0 Å². The van der Waals surface area contributed by atoms with Crippen LogP contribution in [0.15, 0.2) is 47.8 Å². The number of H-pyrrole nitrogens is 1. The van der Waals surface area contributed by atoms with Gasteiger partial charge in [-0.2, -0.15) is 0 Å². The van der Waals surface area contributed by atoms with E-state index in [0.29, 0.717) is 16.3 Å². The Labute approximate surface area is 573 Å². The average Bonchev–Trinajstić information content (AvgIpc) is 0.992. The Hall–Kier alpha value is -9.05. The Morgan fingerprint density at radius 1 is 0.684 bits per heavy atom. The Kier molecular flexibility index (Phi) is 33.7. The van der Waals surface area contributed by atoms with Crippen molar-refractivity contribution in [2.24, 2.45) is 45.9 Å². The van der Waals surface area contributed by atoms with Crippen LogP contribution in [0.3, 0.4) is 0 Å². The molecule has 98 heavy (non-hydrogen) atoms. The maximum atomic E-state index is 14.8. The molecule has 1 saturated heterocycles. The van der Waals surface area contributed by atoms with E-state index in [9.17, 15) is 77.3 Å². The van der Waals surface area contributed by atoms with Crippen molar-refractivity contribution < 1.29 is 77.3 Å². The van der Waals surface area contributed by atoms with Gasteiger partial charge in [0.15, 0.2) is 0 Å². The number of carboxylic acids is 2. The van der Waals surface area contributed by atoms with Crippen LogP contribution in [0.4, 0.5) is 0 Å². The highest BCUT2D eigenvalue weighted by molar-refractivity contribution is 8.14. The number of primary amides is 1. The van der Waals surface area contributed by atoms with Crippen molar-refractivity contribution in [3.63, 3.8) is 0 Å². The first kappa shape index (κ1) is 81.4. The summed E-state index contributed by atoms with van der Waals surface area (Å²) in [6.45, 7) is 13.8. The third-order valence-electron chi connectivity index (χ3n) is 16.4. The van der Waals surface area contributed by atoms with E-state index in [1.165, 1.54) is 24.3 Å². The second-order valence-electron chi connectivity index (χ2n) is 25.7. The quantitative estimate of drug-likeness (QED) is 0.0402. The number of aliphatic carboxylic acids is 2. The number of aromatic nitrogens is 2. The molecule has 13 atom stereocenters. The maximum absolute atomic E-state index is 14.8. The lowest BCUT2D eigenvalue weighted by Crippen LogP contribution is -2.62. The molecule has 0 spiro atoms. The molecule has 3 heterocycles. The number of carbonyl (C=O) groups excluding carboxylic acids is 12. The zero-order valence-electron chi connectivity index (χ0n) is 56.7. The van der Waals surface area contributed by atoms with Crippen molar-refractivity contribution in [1.29, 1.82) is 0 Å². The number of amides is 12. The van der Waals surface area contributed by atoms with E-state index >= 15 is 0 Å². The molecule has 1 fully saturated rings. The first-order chi connectivity index (χ1) is 46.3. The van der Waals surface area contributed by atoms with E-state index < -0.39 is 193 Å². The van der Waals surface area contributed by atoms with Crippen LogP contribution in [-0.4, -0.2) is 199 Å². The Morgan fingerprint density at radius 3 is 1.87 bits per heavy atom. The van der Waals surface area contributed by atoms with Crippen LogP contribution in [0.2, 0.25) is 0 Å². The van der Waals surface area contributed by atoms with Gasteiger partial charge in [0.25, 0.3) is 0 Å². The van der Waals surface area contributed by atoms with Crippen LogP contribution in [0, 0.1) is 23.7 Å². The molecule has 0 bridgehead atoms. The number of imidazole rings is 1. The number of nitrogens with one attached hydrogen (secondary N) is 12. The molecule has 0 radical (unpaired) electrons. The predicted molar refractivity (Wildman–Crippen MR) is 360 cm³/mol. The van der Waals surface area contributed by atoms with Gasteiger partial charge >= 0.3 is 11.9 Å². The molecule has 2 aromatic rings. The Balaban J connectivity index is 1.76. The van der Waals surface area contributed by atoms with E-state index in [1.54, 1.807) is 71.9 Å². The van der Waals surface area contributed by atoms with Crippen LogP contribution in [-0.2, 0) is 80.0 Å². The summed E-state index contributed by atoms with van der Waals surface area (Å²) in [7, 11) is 0. The van der Waals surface area contributed by atoms with Crippen molar-refractivity contribution in [2.75, 3.05) is 18.8 Å². The first-order valence-electron chi connectivity index (χ1n) is 33.0. The van der Waals surface area contributed by atoms with Crippen LogP contribution < -0.4 is 75.7 Å². The molecule has 20 N–H and O–H groups in total. The summed E-state index contributed by atoms with van der Waals surface area (Å²) in [5.74, 6) is -15.6. The maximum Gasteiger partial charge on any atom is 0.305 e. The van der Waals surface area contributed by atoms with E-state index in [4.69, 9.17) is 17.2 Å². The summed E-state index contributed by atoms with van der Waals surface area (Å²) in [5.41, 5.74) is 18.5. The number of nitrogens with zero attached hydrogens (tertiary/aromatic N) is 2. The number of carboxylic acid groups (broad SMARTS) is 2. The van der Waals surface area contributed by atoms with Gasteiger partial charge in [0.1, 0.15) is 66.5 Å². The highest BCUT2D eigenvalue weighted by Crippen LogP contribution is 2.24. The fourth-order valence-corrected chi connectivity index (χ4v) is 11.7. The lowest BCUT2D eigenvalue weighted by atomic mass is 9.96. The zero-order valence-corrected chi connectivity index (χ0v) is 57.6. The number of rotatable bonds is 29. The van der Waals surface area contributed by atoms with E-state index in [-0.39, 0.29) is 88.5 Å². The van der Waals surface area contributed by atoms with Gasteiger partial charge in [0.2, 0.25) is 70.9 Å². The minimum absolute atomic E-state index is 0.000395. The lowest BCUT2D eigenvalue weighted by Gasteiger charge is -2.30. The molecule has 33 nitrogen and oxygen atoms in total. The molecule has 1 aromatic heterocycles. The largest absolute Gasteiger partial charge is 0.481 e. The van der Waals surface area contributed by atoms with Crippen molar-refractivity contribution in [2.45, 2.75) is 211 Å². The molecule has 0 saturated carbocycles. The highest BCUT2D eigenvalue weighted by atomic mass is 32.2. The summed E-state index contributed by atoms with van der Waals surface area (Å²) < 4.78 is 0. The van der Waals surface area contributed by atoms with Crippen molar-refractivity contribution in [3.05, 3.63) is 54.1 Å². The molecule has 34 heteroatoms. The highest BCUT2D eigenvalue weighted by Gasteiger charge is 2.39. The Bertz CT molecular complexity index is 3120. The van der Waals surface area contributed by atoms with Gasteiger partial charge in [-0.15, -0.1) is 11.8 Å². The normalized spacial score (nSPS) is 22.8. The molecule has 2 aliphatic rings. The van der Waals surface area contributed by atoms with E-state index in [0.717, 1.165) is 0 Å². The standard InChI is InChI=1S/C64H99N17O16S/c1-9-35(8)52(81-56(90)40(20-21-48(83)84)72-57(91)41(24-32(2)3)74-61(95)46-30-98-64(79-46)50(67)33(4)5)63(97)73-38-18-13-14-23-69-53(87)44(27-47(66)82)76-60(94)45(28-49(85)86)77-59(93)43(26-37-29-68-31-70-37)75-58(92)42(25-36-16-11-10-12-17-36)78-62(96)51(34(6)7)80-55(89)39(19-15-22-65)71-54(38)88/h10-12,16-17,29,31-35,38-46,50-52H,9,13-15,18-28,30,65,67H2,1-8H3,(H2,66,82)(H,68,70)(H,69,87)(H,71,88)(H,72,91)(H,73,97)(H,74,95)(H,75,92)(H,76,94)(H,77,93)(H,78,96)(H,80,89)(H,81,90)(H,83,84)(H,85,86)/t35-,38-,39+,40+,41-,42+,43-,44-,45+,46-,50-,51-,52-/m0/s1. The number of carbonyl (C=O) groups is 14. The zero-order chi connectivity index (χ0) is 72.9. The van der Waals surface area contributed by atoms with Crippen LogP contribution in [0.25, 0.3) is 0 Å². The smallest absolute Gasteiger partial charge is 0.305 e. The van der Waals surface area contributed by atoms with Gasteiger partial charge in [-0.25, -0.2) is 4.98 Å². The van der Waals surface area contributed by atoms with Crippen LogP contribution in [0.5, 0.6) is 0 Å². The second-order valence-corrected chi connectivity index (χ2v) is 26.7. The van der Waals surface area contributed by atoms with Crippen molar-refractivity contribution in [1.82, 2.24) is 68.5 Å². The number of hydrogen-bond acceptors (Lipinski definition) is 19. The van der Waals surface area contributed by atoms with Crippen LogP contribution >= 0.6 is 11.8 Å². The molecule has 12 amide bonds. The summed E-state index contributed by atoms with van der Waals surface area (Å²) >= 11 is 1.33. The van der Waals surface area contributed by atoms with Gasteiger partial charge in [-0.1, -0.05) is 92.1 Å². The fourth-order valence-electron chi connectivity index (χ4n) is 10.5. The SMILES string of the molecule is CC[C@H](C)[C@H](NC(=O)[C@@H](CCC(=O)O)NC(=O)[C@H](CC(C)C)NC(=O)[C@@H]1CSC([C@@H](N)C(C)C)=N1)C(=O)N[C@H]1CCCCNC(=O)[C@H](CC(N)=O)NC(=O)[C@@H](CC(=O)O)NC(=O)[C@H](Cc2cnc[nH]2)NC(=O)[C@@H](Cc2ccccc2)NC(=O)[C@H](C(C)C)NC(=O)[C@@H](CCCN)NC1=O. The molecular weight excluding hydrogens is 1290 g/mol. The summed E-state index contributed by atoms with van der Waals surface area (Å²) in [5, 5.41) is 48.8. The number of hydrogen-bond donors (Lipinski definition) is 17. The minimum atomic E-state index is -1.94. The molecular formula is C64H99N17O16S. The van der Waals surface area contributed by atoms with E-state index in [2.05, 4.69) is 73.4 Å². The van der Waals surface area contributed by atoms with Gasteiger partial charge < -0.3 is 90.9 Å². The summed E-state index contributed by atoms with van der Waals surface area (Å²) in [6, 6.07) is -8.39. The Morgan fingerprint density at radius 2 is 1.29 bits per heavy atom. The topological polar surface area (TPSA) is 531 Å². The number of aliphatic imine (C=N–C) groups is 1. The van der Waals surface area contributed by atoms with Gasteiger partial charge in [0, 0.05) is 43.5 Å². The number of nitrogens with two attached hydrogens (primary N) is 3. The third-order valence-corrected chi connectivity index (χ3v) is 17.6. The molecule has 0 aliphatic carbocycles. The monoisotopic (exact) mass is 1390 g/mol. The lowest BCUT2D eigenvalue weighted by molar-refractivity contribution is -0.142. The number of benzene rings is 1. The number of aromatic amines is 1. The van der Waals surface area contributed by atoms with Gasteiger partial charge in [0.05, 0.1) is 30.3 Å². The average molecular weight is 1390 g/mol. The van der Waals surface area contributed by atoms with Crippen LogP contribution in [0.1, 0.15) is 137 Å². The minimum Gasteiger partial charge on any atom is -0.481 e. The third kappa shape index (κ3) is 27.1. The molecule has 2 aliphatic heterocycles. The molecule has 4 rings (SSSR count). The molecule has 0 unspecified atom stereocenters.